The van der Waals surface area contributed by atoms with Gasteiger partial charge in [-0.05, 0) is 6.42 Å². The zero-order valence-electron chi connectivity index (χ0n) is 10.5. The molecule has 19 heavy (non-hydrogen) atoms. The van der Waals surface area contributed by atoms with E-state index in [-0.39, 0.29) is 0 Å². The van der Waals surface area contributed by atoms with E-state index >= 15 is 0 Å². The van der Waals surface area contributed by atoms with Gasteiger partial charge in [-0.15, -0.1) is 0 Å². The van der Waals surface area contributed by atoms with E-state index in [2.05, 4.69) is 21.6 Å². The Morgan fingerprint density at radius 2 is 2.00 bits per heavy atom. The maximum Gasteiger partial charge on any atom is 0.511 e. The summed E-state index contributed by atoms with van der Waals surface area (Å²) in [5, 5.41) is 4.78. The first kappa shape index (κ1) is 18.3. The molecule has 0 aliphatic heterocycles. The van der Waals surface area contributed by atoms with Gasteiger partial charge in [-0.3, -0.25) is 0 Å². The summed E-state index contributed by atoms with van der Waals surface area (Å²) in [4.78, 5) is 4.21. The SMILES string of the molecule is CCCCSc1nccn1C.NS(=O)(=O)C(F)(F)F. The third kappa shape index (κ3) is 7.43. The predicted octanol–water partition coefficient (Wildman–Crippen LogP) is 2.11. The maximum atomic E-state index is 10.8. The molecule has 0 saturated carbocycles. The van der Waals surface area contributed by atoms with E-state index in [1.165, 1.54) is 18.6 Å². The number of alkyl halides is 3. The average Bonchev–Trinajstić information content (AvgIpc) is 2.63. The second kappa shape index (κ2) is 7.75. The smallest absolute Gasteiger partial charge is 0.329 e. The van der Waals surface area contributed by atoms with Gasteiger partial charge in [0.25, 0.3) is 0 Å². The molecule has 0 aliphatic rings. The molecule has 112 valence electrons. The summed E-state index contributed by atoms with van der Waals surface area (Å²) in [6, 6.07) is 0. The highest BCUT2D eigenvalue weighted by Gasteiger charge is 2.42. The highest BCUT2D eigenvalue weighted by molar-refractivity contribution is 7.99. The summed E-state index contributed by atoms with van der Waals surface area (Å²) in [6.07, 6.45) is 6.36. The Labute approximate surface area is 114 Å². The fraction of sp³-hybridized carbons (Fsp3) is 0.667. The van der Waals surface area contributed by atoms with Crippen molar-refractivity contribution in [3.63, 3.8) is 0 Å². The number of sulfonamides is 1. The van der Waals surface area contributed by atoms with Crippen LogP contribution in [0.2, 0.25) is 0 Å². The van der Waals surface area contributed by atoms with Crippen LogP contribution in [0.3, 0.4) is 0 Å². The summed E-state index contributed by atoms with van der Waals surface area (Å²) >= 11 is 1.83. The van der Waals surface area contributed by atoms with E-state index in [1.807, 2.05) is 31.2 Å². The Morgan fingerprint density at radius 1 is 1.47 bits per heavy atom. The Hall–Kier alpha value is -0.740. The zero-order valence-corrected chi connectivity index (χ0v) is 12.1. The van der Waals surface area contributed by atoms with Gasteiger partial charge in [0.2, 0.25) is 0 Å². The lowest BCUT2D eigenvalue weighted by atomic mass is 10.4. The van der Waals surface area contributed by atoms with Crippen molar-refractivity contribution in [3.8, 4) is 0 Å². The minimum Gasteiger partial charge on any atom is -0.329 e. The molecule has 0 fully saturated rings. The lowest BCUT2D eigenvalue weighted by Gasteiger charge is -1.98. The number of unbranched alkanes of at least 4 members (excludes halogenated alkanes) is 1. The Morgan fingerprint density at radius 3 is 2.32 bits per heavy atom. The van der Waals surface area contributed by atoms with E-state index in [0.717, 1.165) is 5.16 Å². The number of nitrogens with two attached hydrogens (primary N) is 1. The molecular formula is C9H16F3N3O2S2. The molecule has 1 aromatic heterocycles. The number of halogens is 3. The van der Waals surface area contributed by atoms with E-state index < -0.39 is 15.5 Å². The molecule has 0 amide bonds. The average molecular weight is 319 g/mol. The molecule has 0 aromatic carbocycles. The van der Waals surface area contributed by atoms with Gasteiger partial charge in [-0.1, -0.05) is 25.1 Å². The number of nitrogens with zero attached hydrogens (tertiary/aromatic N) is 2. The monoisotopic (exact) mass is 319 g/mol. The predicted molar refractivity (Wildman–Crippen MR) is 68.0 cm³/mol. The first-order valence-corrected chi connectivity index (χ1v) is 7.82. The summed E-state index contributed by atoms with van der Waals surface area (Å²) < 4.78 is 53.2. The van der Waals surface area contributed by atoms with Gasteiger partial charge in [-0.2, -0.15) is 13.2 Å². The molecule has 1 rings (SSSR count). The highest BCUT2D eigenvalue weighted by atomic mass is 32.2. The van der Waals surface area contributed by atoms with Crippen molar-refractivity contribution in [3.05, 3.63) is 12.4 Å². The van der Waals surface area contributed by atoms with Crippen LogP contribution in [0.4, 0.5) is 13.2 Å². The molecule has 2 N–H and O–H groups in total. The van der Waals surface area contributed by atoms with Crippen molar-refractivity contribution in [2.24, 2.45) is 12.2 Å². The number of hydrogen-bond acceptors (Lipinski definition) is 4. The molecule has 0 unspecified atom stereocenters. The van der Waals surface area contributed by atoms with Crippen LogP contribution in [0.5, 0.6) is 0 Å². The van der Waals surface area contributed by atoms with Gasteiger partial charge in [0.1, 0.15) is 0 Å². The van der Waals surface area contributed by atoms with E-state index in [0.29, 0.717) is 0 Å². The van der Waals surface area contributed by atoms with E-state index in [4.69, 9.17) is 0 Å². The molecule has 0 saturated heterocycles. The van der Waals surface area contributed by atoms with Gasteiger partial charge < -0.3 is 4.57 Å². The summed E-state index contributed by atoms with van der Waals surface area (Å²) in [5.41, 5.74) is -5.31. The highest BCUT2D eigenvalue weighted by Crippen LogP contribution is 2.18. The maximum absolute atomic E-state index is 10.8. The fourth-order valence-corrected chi connectivity index (χ4v) is 1.81. The quantitative estimate of drug-likeness (QED) is 0.681. The molecule has 0 bridgehead atoms. The van der Waals surface area contributed by atoms with Crippen LogP contribution < -0.4 is 5.14 Å². The minimum absolute atomic E-state index is 1.12. The molecule has 0 radical (unpaired) electrons. The molecule has 0 atom stereocenters. The number of hydrogen-bond donors (Lipinski definition) is 1. The van der Waals surface area contributed by atoms with Crippen molar-refractivity contribution in [2.45, 2.75) is 30.4 Å². The second-order valence-corrected chi connectivity index (χ2v) is 6.13. The van der Waals surface area contributed by atoms with Gasteiger partial charge in [0.15, 0.2) is 5.16 Å². The van der Waals surface area contributed by atoms with Crippen LogP contribution in [0.1, 0.15) is 19.8 Å². The summed E-state index contributed by atoms with van der Waals surface area (Å²) in [7, 11) is -3.31. The van der Waals surface area contributed by atoms with Crippen LogP contribution in [-0.2, 0) is 17.1 Å². The van der Waals surface area contributed by atoms with Gasteiger partial charge >= 0.3 is 15.5 Å². The van der Waals surface area contributed by atoms with Crippen molar-refractivity contribution >= 4 is 21.8 Å². The number of imidazole rings is 1. The number of aromatic nitrogens is 2. The summed E-state index contributed by atoms with van der Waals surface area (Å²) in [6.45, 7) is 2.21. The molecular weight excluding hydrogens is 303 g/mol. The zero-order chi connectivity index (χ0) is 15.1. The third-order valence-corrected chi connectivity index (χ3v) is 3.62. The first-order valence-electron chi connectivity index (χ1n) is 5.28. The van der Waals surface area contributed by atoms with Crippen molar-refractivity contribution in [2.75, 3.05) is 5.75 Å². The van der Waals surface area contributed by atoms with Crippen LogP contribution in [0, 0.1) is 0 Å². The first-order chi connectivity index (χ1) is 8.59. The number of thioether (sulfide) groups is 1. The lowest BCUT2D eigenvalue weighted by Crippen LogP contribution is -2.30. The van der Waals surface area contributed by atoms with Gasteiger partial charge in [0.05, 0.1) is 0 Å². The van der Waals surface area contributed by atoms with Gasteiger partial charge in [-0.25, -0.2) is 18.5 Å². The van der Waals surface area contributed by atoms with Crippen LogP contribution >= 0.6 is 11.8 Å². The van der Waals surface area contributed by atoms with Crippen molar-refractivity contribution in [1.82, 2.24) is 9.55 Å². The van der Waals surface area contributed by atoms with Crippen molar-refractivity contribution in [1.29, 1.82) is 0 Å². The van der Waals surface area contributed by atoms with Crippen molar-refractivity contribution < 1.29 is 21.6 Å². The fourth-order valence-electron chi connectivity index (χ4n) is 0.799. The Kier molecular flexibility index (Phi) is 7.45. The van der Waals surface area contributed by atoms with Crippen LogP contribution in [0.25, 0.3) is 0 Å². The lowest BCUT2D eigenvalue weighted by molar-refractivity contribution is -0.0436. The Balaban J connectivity index is 0.000000362. The molecule has 1 heterocycles. The molecule has 5 nitrogen and oxygen atoms in total. The molecule has 1 aromatic rings. The van der Waals surface area contributed by atoms with E-state index in [1.54, 1.807) is 0 Å². The second-order valence-electron chi connectivity index (χ2n) is 3.51. The number of primary sulfonamides is 1. The normalized spacial score (nSPS) is 11.9. The molecule has 0 spiro atoms. The molecule has 10 heteroatoms. The molecule has 0 aliphatic carbocycles. The Bertz CT molecular complexity index is 471. The minimum atomic E-state index is -5.34. The van der Waals surface area contributed by atoms with E-state index in [9.17, 15) is 21.6 Å². The topological polar surface area (TPSA) is 78.0 Å². The standard InChI is InChI=1S/C8H14N2S.CH2F3NO2S/c1-3-4-7-11-8-9-5-6-10(8)2;2-1(3,4)8(5,6)7/h5-6H,3-4,7H2,1-2H3;(H2,5,6,7). The van der Waals surface area contributed by atoms with Crippen LogP contribution in [-0.4, -0.2) is 29.2 Å². The summed E-state index contributed by atoms with van der Waals surface area (Å²) in [5.74, 6) is 1.18. The largest absolute Gasteiger partial charge is 0.511 e. The van der Waals surface area contributed by atoms with Gasteiger partial charge in [0, 0.05) is 25.2 Å². The van der Waals surface area contributed by atoms with Crippen LogP contribution in [0.15, 0.2) is 17.6 Å². The number of aryl methyl sites for hydroxylation is 1. The third-order valence-electron chi connectivity index (χ3n) is 1.83. The number of rotatable bonds is 4.